The van der Waals surface area contributed by atoms with E-state index < -0.39 is 0 Å². The van der Waals surface area contributed by atoms with Crippen molar-refractivity contribution in [3.63, 3.8) is 0 Å². The molecule has 0 saturated carbocycles. The Labute approximate surface area is 232 Å². The van der Waals surface area contributed by atoms with Gasteiger partial charge in [-0.05, 0) is 36.4 Å². The van der Waals surface area contributed by atoms with Crippen LogP contribution in [0.4, 0.5) is 11.4 Å². The quantitative estimate of drug-likeness (QED) is 0.308. The summed E-state index contributed by atoms with van der Waals surface area (Å²) in [7, 11) is 0. The number of piperazine rings is 1. The van der Waals surface area contributed by atoms with Crippen molar-refractivity contribution < 1.29 is 19.4 Å². The molecule has 2 aliphatic heterocycles. The third-order valence-corrected chi connectivity index (χ3v) is 7.26. The van der Waals surface area contributed by atoms with Gasteiger partial charge in [-0.1, -0.05) is 6.07 Å². The maximum atomic E-state index is 13.2. The van der Waals surface area contributed by atoms with E-state index in [-0.39, 0.29) is 17.5 Å². The Morgan fingerprint density at radius 2 is 1.95 bits per heavy atom. The number of fused-ring (bicyclic) bond motifs is 1. The highest BCUT2D eigenvalue weighted by Crippen LogP contribution is 2.32. The number of nitrogens with zero attached hydrogens (tertiary/aromatic N) is 5. The van der Waals surface area contributed by atoms with Gasteiger partial charge in [-0.2, -0.15) is 0 Å². The number of aromatic nitrogens is 3. The number of nitrogens with one attached hydrogen (secondary N) is 2. The van der Waals surface area contributed by atoms with Crippen molar-refractivity contribution in [3.8, 4) is 17.4 Å². The fraction of sp³-hybridized carbons (Fsp3) is 0.345. The van der Waals surface area contributed by atoms with Gasteiger partial charge < -0.3 is 30.1 Å². The molecule has 0 spiro atoms. The number of carbonyl (C=O) groups excluding carboxylic acids is 1. The molecule has 0 aliphatic carbocycles. The van der Waals surface area contributed by atoms with Crippen molar-refractivity contribution >= 4 is 28.1 Å². The SMILES string of the molecule is O=C(Nc1cnccc1N1CCNCC1)c1cccc(-n2cc3ccc(OCCN4CCOCC4)cc3c2O)n1. The number of hydrogen-bond acceptors (Lipinski definition) is 9. The molecule has 0 radical (unpaired) electrons. The number of pyridine rings is 2. The minimum absolute atomic E-state index is 0.0342. The van der Waals surface area contributed by atoms with Crippen LogP contribution in [-0.4, -0.2) is 96.1 Å². The van der Waals surface area contributed by atoms with Gasteiger partial charge in [0.05, 0.1) is 30.8 Å². The summed E-state index contributed by atoms with van der Waals surface area (Å²) < 4.78 is 12.9. The minimum atomic E-state index is -0.349. The Hall–Kier alpha value is -4.19. The summed E-state index contributed by atoms with van der Waals surface area (Å²) in [5, 5.41) is 18.9. The molecule has 3 aromatic heterocycles. The van der Waals surface area contributed by atoms with Gasteiger partial charge in [-0.25, -0.2) is 4.98 Å². The molecule has 11 nitrogen and oxygen atoms in total. The van der Waals surface area contributed by atoms with Gasteiger partial charge in [-0.3, -0.25) is 19.2 Å². The standard InChI is InChI=1S/C29H33N7O4/c37-28(33-25-19-31-7-6-26(25)35-10-8-30-9-11-35)24-2-1-3-27(32-24)36-20-21-4-5-22(18-23(21)29(36)38)40-17-14-34-12-15-39-16-13-34/h1-7,18-20,30,38H,8-17H2,(H,33,37). The largest absolute Gasteiger partial charge is 0.494 e. The molecule has 2 aliphatic rings. The Bertz CT molecular complexity index is 1480. The lowest BCUT2D eigenvalue weighted by atomic mass is 10.2. The second-order valence-corrected chi connectivity index (χ2v) is 9.84. The van der Waals surface area contributed by atoms with Gasteiger partial charge in [-0.15, -0.1) is 0 Å². The molecule has 0 atom stereocenters. The van der Waals surface area contributed by atoms with Gasteiger partial charge in [0.2, 0.25) is 5.88 Å². The lowest BCUT2D eigenvalue weighted by molar-refractivity contribution is 0.0322. The maximum Gasteiger partial charge on any atom is 0.274 e. The number of aromatic hydroxyl groups is 1. The van der Waals surface area contributed by atoms with Crippen LogP contribution in [0.5, 0.6) is 11.6 Å². The average molecular weight is 544 g/mol. The highest BCUT2D eigenvalue weighted by Gasteiger charge is 2.18. The zero-order valence-electron chi connectivity index (χ0n) is 22.3. The van der Waals surface area contributed by atoms with Crippen LogP contribution in [0, 0.1) is 0 Å². The van der Waals surface area contributed by atoms with Gasteiger partial charge in [0.1, 0.15) is 23.9 Å². The summed E-state index contributed by atoms with van der Waals surface area (Å²) in [6, 6.07) is 12.7. The molecular formula is C29H33N7O4. The monoisotopic (exact) mass is 543 g/mol. The lowest BCUT2D eigenvalue weighted by Crippen LogP contribution is -2.43. The molecule has 0 bridgehead atoms. The third-order valence-electron chi connectivity index (χ3n) is 7.26. The first-order valence-electron chi connectivity index (χ1n) is 13.6. The van der Waals surface area contributed by atoms with Crippen LogP contribution >= 0.6 is 0 Å². The van der Waals surface area contributed by atoms with Crippen LogP contribution in [0.3, 0.4) is 0 Å². The molecule has 2 fully saturated rings. The third kappa shape index (κ3) is 5.71. The summed E-state index contributed by atoms with van der Waals surface area (Å²) in [6.07, 6.45) is 5.19. The Balaban J connectivity index is 1.17. The molecule has 3 N–H and O–H groups in total. The van der Waals surface area contributed by atoms with Gasteiger partial charge in [0.15, 0.2) is 0 Å². The number of rotatable bonds is 8. The van der Waals surface area contributed by atoms with E-state index in [1.165, 1.54) is 0 Å². The Morgan fingerprint density at radius 1 is 1.10 bits per heavy atom. The fourth-order valence-corrected chi connectivity index (χ4v) is 5.09. The van der Waals surface area contributed by atoms with E-state index in [9.17, 15) is 9.90 Å². The summed E-state index contributed by atoms with van der Waals surface area (Å²) in [5.41, 5.74) is 1.80. The summed E-state index contributed by atoms with van der Waals surface area (Å²) in [5.74, 6) is 0.807. The summed E-state index contributed by atoms with van der Waals surface area (Å²) >= 11 is 0. The van der Waals surface area contributed by atoms with Gasteiger partial charge in [0, 0.05) is 69.0 Å². The molecule has 6 rings (SSSR count). The molecule has 4 aromatic rings. The number of anilines is 2. The minimum Gasteiger partial charge on any atom is -0.494 e. The Morgan fingerprint density at radius 3 is 2.80 bits per heavy atom. The van der Waals surface area contributed by atoms with Gasteiger partial charge >= 0.3 is 0 Å². The highest BCUT2D eigenvalue weighted by atomic mass is 16.5. The highest BCUT2D eigenvalue weighted by molar-refractivity contribution is 6.04. The van der Waals surface area contributed by atoms with Gasteiger partial charge in [0.25, 0.3) is 5.91 Å². The molecule has 0 unspecified atom stereocenters. The lowest BCUT2D eigenvalue weighted by Gasteiger charge is -2.30. The van der Waals surface area contributed by atoms with Crippen molar-refractivity contribution in [2.45, 2.75) is 0 Å². The van der Waals surface area contributed by atoms with Crippen molar-refractivity contribution in [1.29, 1.82) is 0 Å². The van der Waals surface area contributed by atoms with Crippen LogP contribution in [0.25, 0.3) is 16.6 Å². The van der Waals surface area contributed by atoms with E-state index in [4.69, 9.17) is 9.47 Å². The molecule has 208 valence electrons. The summed E-state index contributed by atoms with van der Waals surface area (Å²) in [4.78, 5) is 26.5. The van der Waals surface area contributed by atoms with Crippen molar-refractivity contribution in [1.82, 2.24) is 24.8 Å². The van der Waals surface area contributed by atoms with E-state index in [1.807, 2.05) is 24.3 Å². The number of morpholine rings is 1. The smallest absolute Gasteiger partial charge is 0.274 e. The first-order valence-corrected chi connectivity index (χ1v) is 13.6. The fourth-order valence-electron chi connectivity index (χ4n) is 5.09. The number of benzene rings is 1. The number of ether oxygens (including phenoxy) is 2. The van der Waals surface area contributed by atoms with Crippen LogP contribution < -0.4 is 20.3 Å². The van der Waals surface area contributed by atoms with Crippen LogP contribution in [-0.2, 0) is 4.74 Å². The van der Waals surface area contributed by atoms with Crippen LogP contribution in [0.1, 0.15) is 10.5 Å². The Kier molecular flexibility index (Phi) is 7.76. The predicted octanol–water partition coefficient (Wildman–Crippen LogP) is 2.50. The number of carbonyl (C=O) groups is 1. The number of hydrogen-bond donors (Lipinski definition) is 3. The second kappa shape index (κ2) is 11.9. The van der Waals surface area contributed by atoms with E-state index in [2.05, 4.69) is 30.4 Å². The number of amides is 1. The first kappa shape index (κ1) is 26.1. The van der Waals surface area contributed by atoms with Crippen molar-refractivity contribution in [3.05, 3.63) is 66.7 Å². The topological polar surface area (TPSA) is 117 Å². The van der Waals surface area contributed by atoms with E-state index in [0.29, 0.717) is 29.2 Å². The average Bonchev–Trinajstić information content (AvgIpc) is 3.34. The first-order chi connectivity index (χ1) is 19.7. The molecule has 11 heteroatoms. The molecule has 1 amide bonds. The van der Waals surface area contributed by atoms with Crippen molar-refractivity contribution in [2.24, 2.45) is 0 Å². The molecule has 5 heterocycles. The van der Waals surface area contributed by atoms with E-state index >= 15 is 0 Å². The molecular weight excluding hydrogens is 510 g/mol. The van der Waals surface area contributed by atoms with E-state index in [1.54, 1.807) is 41.4 Å². The molecule has 1 aromatic carbocycles. The van der Waals surface area contributed by atoms with Crippen LogP contribution in [0.2, 0.25) is 0 Å². The maximum absolute atomic E-state index is 13.2. The van der Waals surface area contributed by atoms with E-state index in [0.717, 1.165) is 70.1 Å². The second-order valence-electron chi connectivity index (χ2n) is 9.84. The molecule has 40 heavy (non-hydrogen) atoms. The normalized spacial score (nSPS) is 16.2. The zero-order valence-corrected chi connectivity index (χ0v) is 22.3. The summed E-state index contributed by atoms with van der Waals surface area (Å²) in [6.45, 7) is 8.18. The van der Waals surface area contributed by atoms with Crippen molar-refractivity contribution in [2.75, 3.05) is 75.9 Å². The predicted molar refractivity (Wildman–Crippen MR) is 153 cm³/mol. The van der Waals surface area contributed by atoms with Crippen LogP contribution in [0.15, 0.2) is 61.1 Å². The zero-order chi connectivity index (χ0) is 27.3. The molecule has 2 saturated heterocycles.